The largest absolute Gasteiger partial charge is 0.508 e. The molecule has 4 aromatic rings. The molecule has 0 aromatic heterocycles. The Morgan fingerprint density at radius 3 is 0.719 bits per heavy atom. The zero-order valence-corrected chi connectivity index (χ0v) is 17.2. The minimum atomic E-state index is 0.184. The van der Waals surface area contributed by atoms with E-state index in [2.05, 4.69) is 0 Å². The Balaban J connectivity index is 1.88. The highest BCUT2D eigenvalue weighted by Crippen LogP contribution is 2.30. The van der Waals surface area contributed by atoms with Gasteiger partial charge in [-0.2, -0.15) is 0 Å². The van der Waals surface area contributed by atoms with Gasteiger partial charge in [-0.05, 0) is 81.9 Å². The van der Waals surface area contributed by atoms with Gasteiger partial charge in [0.05, 0.1) is 0 Å². The van der Waals surface area contributed by atoms with Gasteiger partial charge in [0.1, 0.15) is 23.0 Å². The van der Waals surface area contributed by atoms with Gasteiger partial charge in [0, 0.05) is 0 Å². The van der Waals surface area contributed by atoms with Crippen molar-refractivity contribution in [3.05, 3.63) is 131 Å². The fraction of sp³-hybridized carbons (Fsp3) is 0. The first-order chi connectivity index (χ1) is 15.5. The van der Waals surface area contributed by atoms with Crippen molar-refractivity contribution in [3.8, 4) is 23.0 Å². The molecular formula is C28H22O4. The highest BCUT2D eigenvalue weighted by atomic mass is 16.3. The fourth-order valence-corrected chi connectivity index (χ4v) is 3.45. The van der Waals surface area contributed by atoms with Crippen LogP contribution in [0.5, 0.6) is 23.0 Å². The van der Waals surface area contributed by atoms with Crippen LogP contribution in [-0.4, -0.2) is 20.4 Å². The second-order valence-electron chi connectivity index (χ2n) is 7.35. The maximum absolute atomic E-state index is 9.70. The normalized spacial score (nSPS) is 10.4. The van der Waals surface area contributed by atoms with E-state index in [-0.39, 0.29) is 23.0 Å². The SMILES string of the molecule is Oc1ccc(C(=CC=C(c2ccc(O)cc2)c2ccc(O)cc2)c2ccc(O)cc2)cc1. The molecule has 0 amide bonds. The average molecular weight is 422 g/mol. The first-order valence-electron chi connectivity index (χ1n) is 10.1. The average Bonchev–Trinajstić information content (AvgIpc) is 2.80. The number of phenolic OH excluding ortho intramolecular Hbond substituents is 4. The number of benzene rings is 4. The summed E-state index contributed by atoms with van der Waals surface area (Å²) in [5.74, 6) is 0.734. The van der Waals surface area contributed by atoms with Gasteiger partial charge >= 0.3 is 0 Å². The van der Waals surface area contributed by atoms with E-state index in [1.54, 1.807) is 48.5 Å². The van der Waals surface area contributed by atoms with Gasteiger partial charge < -0.3 is 20.4 Å². The Bertz CT molecular complexity index is 1050. The molecular weight excluding hydrogens is 400 g/mol. The lowest BCUT2D eigenvalue weighted by atomic mass is 9.94. The molecule has 4 N–H and O–H groups in total. The van der Waals surface area contributed by atoms with Crippen molar-refractivity contribution >= 4 is 11.1 Å². The molecule has 0 bridgehead atoms. The van der Waals surface area contributed by atoms with Gasteiger partial charge in [-0.3, -0.25) is 0 Å². The van der Waals surface area contributed by atoms with E-state index < -0.39 is 0 Å². The zero-order valence-electron chi connectivity index (χ0n) is 17.2. The highest BCUT2D eigenvalue weighted by Gasteiger charge is 2.08. The summed E-state index contributed by atoms with van der Waals surface area (Å²) in [6.45, 7) is 0. The predicted molar refractivity (Wildman–Crippen MR) is 127 cm³/mol. The second-order valence-corrected chi connectivity index (χ2v) is 7.35. The van der Waals surface area contributed by atoms with Gasteiger partial charge in [-0.15, -0.1) is 0 Å². The lowest BCUT2D eigenvalue weighted by molar-refractivity contribution is 0.474. The van der Waals surface area contributed by atoms with E-state index in [0.717, 1.165) is 33.4 Å². The summed E-state index contributed by atoms with van der Waals surface area (Å²) in [6.07, 6.45) is 3.96. The minimum Gasteiger partial charge on any atom is -0.508 e. The third-order valence-corrected chi connectivity index (χ3v) is 5.13. The van der Waals surface area contributed by atoms with Crippen LogP contribution >= 0.6 is 0 Å². The van der Waals surface area contributed by atoms with Crippen molar-refractivity contribution in [2.75, 3.05) is 0 Å². The van der Waals surface area contributed by atoms with Crippen LogP contribution in [0.3, 0.4) is 0 Å². The smallest absolute Gasteiger partial charge is 0.115 e. The molecule has 0 spiro atoms. The Morgan fingerprint density at radius 1 is 0.344 bits per heavy atom. The molecule has 4 rings (SSSR count). The van der Waals surface area contributed by atoms with Crippen LogP contribution in [0, 0.1) is 0 Å². The predicted octanol–water partition coefficient (Wildman–Crippen LogP) is 6.07. The molecule has 0 radical (unpaired) electrons. The first kappa shape index (κ1) is 20.8. The molecule has 0 aliphatic carbocycles. The summed E-state index contributed by atoms with van der Waals surface area (Å²) in [4.78, 5) is 0. The van der Waals surface area contributed by atoms with Crippen LogP contribution in [0.2, 0.25) is 0 Å². The van der Waals surface area contributed by atoms with Crippen LogP contribution in [-0.2, 0) is 0 Å². The molecule has 158 valence electrons. The molecule has 0 saturated heterocycles. The molecule has 0 heterocycles. The molecule has 0 aliphatic heterocycles. The molecule has 0 saturated carbocycles. The van der Waals surface area contributed by atoms with Gasteiger partial charge in [-0.25, -0.2) is 0 Å². The molecule has 0 fully saturated rings. The van der Waals surface area contributed by atoms with Crippen LogP contribution in [0.1, 0.15) is 22.3 Å². The van der Waals surface area contributed by atoms with Gasteiger partial charge in [0.25, 0.3) is 0 Å². The molecule has 4 aromatic carbocycles. The Kier molecular flexibility index (Phi) is 5.95. The number of hydrogen-bond acceptors (Lipinski definition) is 4. The maximum atomic E-state index is 9.70. The molecule has 32 heavy (non-hydrogen) atoms. The molecule has 0 atom stereocenters. The van der Waals surface area contributed by atoms with E-state index in [9.17, 15) is 20.4 Å². The van der Waals surface area contributed by atoms with Gasteiger partial charge in [0.15, 0.2) is 0 Å². The van der Waals surface area contributed by atoms with E-state index in [0.29, 0.717) is 0 Å². The summed E-state index contributed by atoms with van der Waals surface area (Å²) in [5, 5.41) is 38.8. The first-order valence-corrected chi connectivity index (χ1v) is 10.1. The lowest BCUT2D eigenvalue weighted by Crippen LogP contribution is -1.90. The van der Waals surface area contributed by atoms with Crippen LogP contribution in [0.4, 0.5) is 0 Å². The lowest BCUT2D eigenvalue weighted by Gasteiger charge is -2.11. The van der Waals surface area contributed by atoms with Crippen LogP contribution in [0.15, 0.2) is 109 Å². The quantitative estimate of drug-likeness (QED) is 0.294. The number of phenols is 4. The number of rotatable bonds is 5. The van der Waals surface area contributed by atoms with Crippen LogP contribution < -0.4 is 0 Å². The Labute approximate surface area is 186 Å². The topological polar surface area (TPSA) is 80.9 Å². The van der Waals surface area contributed by atoms with Crippen LogP contribution in [0.25, 0.3) is 11.1 Å². The van der Waals surface area contributed by atoms with Crippen molar-refractivity contribution in [2.45, 2.75) is 0 Å². The third kappa shape index (κ3) is 4.82. The maximum Gasteiger partial charge on any atom is 0.115 e. The van der Waals surface area contributed by atoms with E-state index in [1.807, 2.05) is 60.7 Å². The summed E-state index contributed by atoms with van der Waals surface area (Å²) in [7, 11) is 0. The molecule has 0 aliphatic rings. The van der Waals surface area contributed by atoms with E-state index in [4.69, 9.17) is 0 Å². The van der Waals surface area contributed by atoms with Crippen molar-refractivity contribution in [1.29, 1.82) is 0 Å². The van der Waals surface area contributed by atoms with Gasteiger partial charge in [0.2, 0.25) is 0 Å². The van der Waals surface area contributed by atoms with E-state index >= 15 is 0 Å². The fourth-order valence-electron chi connectivity index (χ4n) is 3.45. The second kappa shape index (κ2) is 9.14. The molecule has 4 nitrogen and oxygen atoms in total. The van der Waals surface area contributed by atoms with Gasteiger partial charge in [-0.1, -0.05) is 60.7 Å². The Hall–Kier alpha value is -4.44. The molecule has 0 unspecified atom stereocenters. The monoisotopic (exact) mass is 422 g/mol. The third-order valence-electron chi connectivity index (χ3n) is 5.13. The highest BCUT2D eigenvalue weighted by molar-refractivity contribution is 5.86. The summed E-state index contributed by atoms with van der Waals surface area (Å²) in [5.41, 5.74) is 5.42. The minimum absolute atomic E-state index is 0.184. The van der Waals surface area contributed by atoms with Crippen molar-refractivity contribution in [3.63, 3.8) is 0 Å². The number of aromatic hydroxyl groups is 4. The van der Waals surface area contributed by atoms with Crippen molar-refractivity contribution in [1.82, 2.24) is 0 Å². The number of allylic oxidation sites excluding steroid dienone is 2. The standard InChI is InChI=1S/C28H22O4/c29-23-9-1-19(2-10-23)27(20-3-11-24(30)12-4-20)17-18-28(21-5-13-25(31)14-6-21)22-7-15-26(32)16-8-22/h1-18,29-32H. The molecule has 4 heteroatoms. The zero-order chi connectivity index (χ0) is 22.5. The van der Waals surface area contributed by atoms with Crippen molar-refractivity contribution in [2.24, 2.45) is 0 Å². The summed E-state index contributed by atoms with van der Waals surface area (Å²) in [6, 6.07) is 27.8. The number of hydrogen-bond donors (Lipinski definition) is 4. The summed E-state index contributed by atoms with van der Waals surface area (Å²) >= 11 is 0. The Morgan fingerprint density at radius 2 is 0.531 bits per heavy atom. The van der Waals surface area contributed by atoms with E-state index in [1.165, 1.54) is 0 Å². The van der Waals surface area contributed by atoms with Crippen molar-refractivity contribution < 1.29 is 20.4 Å². The summed E-state index contributed by atoms with van der Waals surface area (Å²) < 4.78 is 0.